The first-order valence-corrected chi connectivity index (χ1v) is 6.59. The van der Waals surface area contributed by atoms with Crippen molar-refractivity contribution in [2.24, 2.45) is 0 Å². The van der Waals surface area contributed by atoms with E-state index in [0.717, 1.165) is 5.56 Å². The summed E-state index contributed by atoms with van der Waals surface area (Å²) in [6.07, 6.45) is 0.491. The highest BCUT2D eigenvalue weighted by Gasteiger charge is 2.12. The average molecular weight is 376 g/mol. The molecule has 0 bridgehead atoms. The Hall–Kier alpha value is -1.58. The number of aliphatic carboxylic acids is 1. The van der Waals surface area contributed by atoms with E-state index in [-0.39, 0.29) is 12.2 Å². The van der Waals surface area contributed by atoms with Crippen molar-refractivity contribution in [3.05, 3.63) is 27.6 Å². The zero-order valence-electron chi connectivity index (χ0n) is 9.75. The molecule has 0 aliphatic rings. The molecule has 0 radical (unpaired) electrons. The Morgan fingerprint density at radius 3 is 2.95 bits per heavy atom. The monoisotopic (exact) mass is 376 g/mol. The van der Waals surface area contributed by atoms with Gasteiger partial charge in [0.2, 0.25) is 0 Å². The van der Waals surface area contributed by atoms with Crippen LogP contribution in [0.25, 0.3) is 11.4 Å². The third-order valence-corrected chi connectivity index (χ3v) is 3.36. The van der Waals surface area contributed by atoms with Crippen molar-refractivity contribution in [2.45, 2.75) is 19.4 Å². The molecular formula is C11H10FIN4O2. The molecule has 8 heteroatoms. The van der Waals surface area contributed by atoms with Crippen LogP contribution in [0, 0.1) is 9.39 Å². The lowest BCUT2D eigenvalue weighted by atomic mass is 10.2. The molecule has 1 N–H and O–H groups in total. The SMILES string of the molecule is O=C(O)CCCn1nnnc1-c1ccc(F)cc1I. The Bertz CT molecular complexity index is 602. The van der Waals surface area contributed by atoms with E-state index in [1.807, 2.05) is 22.6 Å². The molecule has 100 valence electrons. The topological polar surface area (TPSA) is 80.9 Å². The van der Waals surface area contributed by atoms with Gasteiger partial charge in [0.25, 0.3) is 0 Å². The number of tetrazole rings is 1. The molecule has 1 aromatic carbocycles. The van der Waals surface area contributed by atoms with Gasteiger partial charge in [0.05, 0.1) is 0 Å². The molecule has 2 aromatic rings. The second kappa shape index (κ2) is 6.04. The summed E-state index contributed by atoms with van der Waals surface area (Å²) < 4.78 is 15.3. The van der Waals surface area contributed by atoms with Crippen LogP contribution in [0.5, 0.6) is 0 Å². The van der Waals surface area contributed by atoms with Crippen molar-refractivity contribution in [3.63, 3.8) is 0 Å². The highest BCUT2D eigenvalue weighted by molar-refractivity contribution is 14.1. The maximum absolute atomic E-state index is 13.1. The van der Waals surface area contributed by atoms with Crippen LogP contribution >= 0.6 is 22.6 Å². The van der Waals surface area contributed by atoms with Gasteiger partial charge in [-0.15, -0.1) is 5.10 Å². The Kier molecular flexibility index (Phi) is 4.40. The summed E-state index contributed by atoms with van der Waals surface area (Å²) in [7, 11) is 0. The van der Waals surface area contributed by atoms with Gasteiger partial charge in [-0.2, -0.15) is 0 Å². The average Bonchev–Trinajstić information content (AvgIpc) is 2.77. The van der Waals surface area contributed by atoms with E-state index in [9.17, 15) is 9.18 Å². The second-order valence-electron chi connectivity index (χ2n) is 3.85. The lowest BCUT2D eigenvalue weighted by Gasteiger charge is -2.05. The summed E-state index contributed by atoms with van der Waals surface area (Å²) in [5, 5.41) is 19.9. The summed E-state index contributed by atoms with van der Waals surface area (Å²) in [5.41, 5.74) is 0.724. The van der Waals surface area contributed by atoms with Crippen molar-refractivity contribution < 1.29 is 14.3 Å². The van der Waals surface area contributed by atoms with Gasteiger partial charge in [-0.1, -0.05) is 0 Å². The number of carboxylic acids is 1. The molecule has 0 atom stereocenters. The number of benzene rings is 1. The molecule has 2 rings (SSSR count). The smallest absolute Gasteiger partial charge is 0.303 e. The number of carbonyl (C=O) groups is 1. The van der Waals surface area contributed by atoms with Gasteiger partial charge < -0.3 is 5.11 Å². The van der Waals surface area contributed by atoms with Gasteiger partial charge in [-0.05, 0) is 57.6 Å². The minimum atomic E-state index is -0.856. The molecule has 19 heavy (non-hydrogen) atoms. The number of hydrogen-bond acceptors (Lipinski definition) is 4. The molecule has 6 nitrogen and oxygen atoms in total. The maximum atomic E-state index is 13.1. The van der Waals surface area contributed by atoms with Crippen LogP contribution < -0.4 is 0 Å². The molecule has 1 heterocycles. The van der Waals surface area contributed by atoms with Gasteiger partial charge in [-0.3, -0.25) is 4.79 Å². The van der Waals surface area contributed by atoms with Crippen LogP contribution in [0.15, 0.2) is 18.2 Å². The van der Waals surface area contributed by atoms with E-state index in [0.29, 0.717) is 22.4 Å². The van der Waals surface area contributed by atoms with E-state index in [2.05, 4.69) is 15.5 Å². The zero-order chi connectivity index (χ0) is 13.8. The van der Waals surface area contributed by atoms with E-state index in [4.69, 9.17) is 5.11 Å². The fourth-order valence-corrected chi connectivity index (χ4v) is 2.32. The molecule has 0 aliphatic heterocycles. The van der Waals surface area contributed by atoms with Crippen LogP contribution in [0.3, 0.4) is 0 Å². The Labute approximate surface area is 121 Å². The molecule has 0 aliphatic carbocycles. The number of carboxylic acid groups (broad SMARTS) is 1. The van der Waals surface area contributed by atoms with Gasteiger partial charge in [0.1, 0.15) is 5.82 Å². The normalized spacial score (nSPS) is 10.6. The maximum Gasteiger partial charge on any atom is 0.303 e. The second-order valence-corrected chi connectivity index (χ2v) is 5.01. The summed E-state index contributed by atoms with van der Waals surface area (Å²) >= 11 is 2.01. The first-order valence-electron chi connectivity index (χ1n) is 5.51. The van der Waals surface area contributed by atoms with Crippen LogP contribution in [-0.4, -0.2) is 31.3 Å². The predicted octanol–water partition coefficient (Wildman–Crippen LogP) is 1.95. The highest BCUT2D eigenvalue weighted by atomic mass is 127. The van der Waals surface area contributed by atoms with E-state index >= 15 is 0 Å². The molecule has 0 fully saturated rings. The predicted molar refractivity (Wildman–Crippen MR) is 72.8 cm³/mol. The highest BCUT2D eigenvalue weighted by Crippen LogP contribution is 2.23. The van der Waals surface area contributed by atoms with Gasteiger partial charge in [-0.25, -0.2) is 9.07 Å². The number of rotatable bonds is 5. The molecule has 0 unspecified atom stereocenters. The fraction of sp³-hybridized carbons (Fsp3) is 0.273. The third kappa shape index (κ3) is 3.46. The van der Waals surface area contributed by atoms with E-state index in [1.54, 1.807) is 6.07 Å². The fourth-order valence-electron chi connectivity index (χ4n) is 1.60. The number of hydrogen-bond donors (Lipinski definition) is 1. The minimum absolute atomic E-state index is 0.0554. The van der Waals surface area contributed by atoms with Crippen molar-refractivity contribution >= 4 is 28.6 Å². The number of nitrogens with zero attached hydrogens (tertiary/aromatic N) is 4. The molecule has 0 saturated heterocycles. The van der Waals surface area contributed by atoms with Crippen LogP contribution in [0.4, 0.5) is 4.39 Å². The van der Waals surface area contributed by atoms with Crippen molar-refractivity contribution in [1.29, 1.82) is 0 Å². The Morgan fingerprint density at radius 2 is 2.26 bits per heavy atom. The van der Waals surface area contributed by atoms with Crippen LogP contribution in [0.1, 0.15) is 12.8 Å². The molecular weight excluding hydrogens is 366 g/mol. The molecule has 0 saturated carbocycles. The van der Waals surface area contributed by atoms with Crippen molar-refractivity contribution in [1.82, 2.24) is 20.2 Å². The molecule has 1 aromatic heterocycles. The van der Waals surface area contributed by atoms with Gasteiger partial charge >= 0.3 is 5.97 Å². The number of halogens is 2. The Morgan fingerprint density at radius 1 is 1.47 bits per heavy atom. The summed E-state index contributed by atoms with van der Waals surface area (Å²) in [4.78, 5) is 10.5. The summed E-state index contributed by atoms with van der Waals surface area (Å²) in [6.45, 7) is 0.405. The summed E-state index contributed by atoms with van der Waals surface area (Å²) in [6, 6.07) is 4.34. The number of aromatic nitrogens is 4. The zero-order valence-corrected chi connectivity index (χ0v) is 11.9. The molecule has 0 amide bonds. The lowest BCUT2D eigenvalue weighted by Crippen LogP contribution is -2.06. The van der Waals surface area contributed by atoms with Crippen molar-refractivity contribution in [3.8, 4) is 11.4 Å². The van der Waals surface area contributed by atoms with Crippen LogP contribution in [-0.2, 0) is 11.3 Å². The van der Waals surface area contributed by atoms with E-state index in [1.165, 1.54) is 16.8 Å². The quantitative estimate of drug-likeness (QED) is 0.807. The first-order chi connectivity index (χ1) is 9.08. The van der Waals surface area contributed by atoms with Gasteiger partial charge in [0, 0.05) is 22.1 Å². The standard InChI is InChI=1S/C11H10FIN4O2/c12-7-3-4-8(9(13)6-7)11-14-15-16-17(11)5-1-2-10(18)19/h3-4,6H,1-2,5H2,(H,18,19). The van der Waals surface area contributed by atoms with Gasteiger partial charge in [0.15, 0.2) is 5.82 Å². The number of aryl methyl sites for hydroxylation is 1. The lowest BCUT2D eigenvalue weighted by molar-refractivity contribution is -0.137. The largest absolute Gasteiger partial charge is 0.481 e. The van der Waals surface area contributed by atoms with E-state index < -0.39 is 5.97 Å². The van der Waals surface area contributed by atoms with Crippen molar-refractivity contribution in [2.75, 3.05) is 0 Å². The minimum Gasteiger partial charge on any atom is -0.481 e. The Balaban J connectivity index is 2.21. The molecule has 0 spiro atoms. The van der Waals surface area contributed by atoms with Crippen LogP contribution in [0.2, 0.25) is 0 Å². The first kappa shape index (κ1) is 13.8. The third-order valence-electron chi connectivity index (χ3n) is 2.46. The summed E-state index contributed by atoms with van der Waals surface area (Å²) in [5.74, 6) is -0.668.